The van der Waals surface area contributed by atoms with Gasteiger partial charge < -0.3 is 10.6 Å². The predicted molar refractivity (Wildman–Crippen MR) is 75.9 cm³/mol. The topological polar surface area (TPSA) is 106 Å². The summed E-state index contributed by atoms with van der Waals surface area (Å²) in [5.41, 5.74) is 0.717. The van der Waals surface area contributed by atoms with Crippen molar-refractivity contribution in [1.29, 1.82) is 10.5 Å². The monoisotopic (exact) mass is 312 g/mol. The molecule has 1 heterocycles. The number of nitrogens with one attached hydrogen (secondary N) is 2. The number of nitrogens with zero attached hydrogens (tertiary/aromatic N) is 2. The average molecular weight is 312 g/mol. The van der Waals surface area contributed by atoms with Gasteiger partial charge in [-0.15, -0.1) is 11.3 Å². The Morgan fingerprint density at radius 1 is 1.00 bits per heavy atom. The fourth-order valence-electron chi connectivity index (χ4n) is 1.20. The van der Waals surface area contributed by atoms with Crippen LogP contribution in [0.5, 0.6) is 0 Å². The zero-order valence-electron chi connectivity index (χ0n) is 9.94. The Morgan fingerprint density at radius 2 is 1.37 bits per heavy atom. The van der Waals surface area contributed by atoms with Gasteiger partial charge in [-0.2, -0.15) is 10.5 Å². The van der Waals surface area contributed by atoms with Gasteiger partial charge in [-0.3, -0.25) is 9.59 Å². The van der Waals surface area contributed by atoms with Gasteiger partial charge in [-0.1, -0.05) is 0 Å². The molecule has 6 nitrogen and oxygen atoms in total. The van der Waals surface area contributed by atoms with Crippen molar-refractivity contribution in [3.05, 3.63) is 0 Å². The van der Waals surface area contributed by atoms with Crippen molar-refractivity contribution < 1.29 is 9.59 Å². The van der Waals surface area contributed by atoms with Crippen LogP contribution in [-0.2, 0) is 9.59 Å². The molecule has 1 aromatic heterocycles. The number of hydrogen-bond acceptors (Lipinski definition) is 7. The smallest absolute Gasteiger partial charge is 0.221 e. The van der Waals surface area contributed by atoms with E-state index in [0.29, 0.717) is 19.8 Å². The van der Waals surface area contributed by atoms with E-state index in [4.69, 9.17) is 10.5 Å². The molecule has 19 heavy (non-hydrogen) atoms. The largest absolute Gasteiger partial charge is 0.323 e. The highest BCUT2D eigenvalue weighted by Crippen LogP contribution is 2.48. The minimum atomic E-state index is -0.322. The maximum absolute atomic E-state index is 11.2. The van der Waals surface area contributed by atoms with Gasteiger partial charge in [-0.25, -0.2) is 0 Å². The molecule has 98 valence electrons. The molecule has 9 heteroatoms. The van der Waals surface area contributed by atoms with E-state index in [2.05, 4.69) is 10.6 Å². The van der Waals surface area contributed by atoms with Crippen molar-refractivity contribution >= 4 is 58.0 Å². The van der Waals surface area contributed by atoms with Crippen LogP contribution in [0.15, 0.2) is 8.42 Å². The molecular formula is C10H8N4O2S3. The summed E-state index contributed by atoms with van der Waals surface area (Å²) in [5.74, 6) is -0.643. The summed E-state index contributed by atoms with van der Waals surface area (Å²) in [5, 5.41) is 26.4. The highest BCUT2D eigenvalue weighted by Gasteiger charge is 2.21. The van der Waals surface area contributed by atoms with E-state index in [-0.39, 0.29) is 11.8 Å². The molecule has 0 atom stereocenters. The van der Waals surface area contributed by atoms with Crippen LogP contribution in [0.2, 0.25) is 0 Å². The average Bonchev–Trinajstić information content (AvgIpc) is 2.58. The highest BCUT2D eigenvalue weighted by molar-refractivity contribution is 8.07. The molecular weight excluding hydrogens is 304 g/mol. The Labute approximate surface area is 122 Å². The lowest BCUT2D eigenvalue weighted by molar-refractivity contribution is -0.115. The number of amides is 2. The molecule has 1 aromatic rings. The van der Waals surface area contributed by atoms with E-state index in [1.54, 1.807) is 0 Å². The molecule has 2 amide bonds. The second-order valence-corrected chi connectivity index (χ2v) is 6.30. The van der Waals surface area contributed by atoms with Crippen LogP contribution in [0.4, 0.5) is 11.4 Å². The minimum absolute atomic E-state index is 0.322. The number of carbonyl (C=O) groups is 2. The molecule has 0 aliphatic carbocycles. The molecule has 1 rings (SSSR count). The number of thioether (sulfide) groups is 2. The normalized spacial score (nSPS) is 9.26. The quantitative estimate of drug-likeness (QED) is 0.654. The molecule has 0 bridgehead atoms. The molecule has 0 spiro atoms. The number of rotatable bonds is 4. The van der Waals surface area contributed by atoms with Crippen molar-refractivity contribution in [2.24, 2.45) is 0 Å². The summed E-state index contributed by atoms with van der Waals surface area (Å²) in [6.45, 7) is 2.65. The van der Waals surface area contributed by atoms with Crippen molar-refractivity contribution in [2.75, 3.05) is 10.6 Å². The van der Waals surface area contributed by atoms with Gasteiger partial charge in [0.2, 0.25) is 11.8 Å². The SMILES string of the molecule is CC(=O)Nc1c(SC#N)sc(SC#N)c1NC(C)=O. The minimum Gasteiger partial charge on any atom is -0.323 e. The molecule has 0 aliphatic rings. The van der Waals surface area contributed by atoms with Crippen molar-refractivity contribution in [3.8, 4) is 10.8 Å². The van der Waals surface area contributed by atoms with Crippen LogP contribution in [0.1, 0.15) is 13.8 Å². The first-order chi connectivity index (χ1) is 8.99. The summed E-state index contributed by atoms with van der Waals surface area (Å²) in [7, 11) is 0. The Balaban J connectivity index is 3.33. The fraction of sp³-hybridized carbons (Fsp3) is 0.200. The van der Waals surface area contributed by atoms with Gasteiger partial charge in [0, 0.05) is 37.4 Å². The fourth-order valence-corrected chi connectivity index (χ4v) is 3.77. The molecule has 2 N–H and O–H groups in total. The van der Waals surface area contributed by atoms with Crippen LogP contribution >= 0.6 is 34.9 Å². The Bertz CT molecular complexity index is 547. The summed E-state index contributed by atoms with van der Waals surface area (Å²) in [6.07, 6.45) is 0. The number of anilines is 2. The maximum atomic E-state index is 11.2. The zero-order valence-corrected chi connectivity index (χ0v) is 12.4. The summed E-state index contributed by atoms with van der Waals surface area (Å²) < 4.78 is 1.05. The number of thiophene rings is 1. The van der Waals surface area contributed by atoms with Crippen molar-refractivity contribution in [1.82, 2.24) is 0 Å². The third kappa shape index (κ3) is 4.17. The molecule has 0 fully saturated rings. The number of hydrogen-bond donors (Lipinski definition) is 2. The van der Waals surface area contributed by atoms with Crippen LogP contribution in [0.25, 0.3) is 0 Å². The van der Waals surface area contributed by atoms with Crippen molar-refractivity contribution in [2.45, 2.75) is 22.3 Å². The first-order valence-corrected chi connectivity index (χ1v) is 7.28. The maximum Gasteiger partial charge on any atom is 0.221 e. The third-order valence-electron chi connectivity index (χ3n) is 1.72. The molecule has 0 unspecified atom stereocenters. The van der Waals surface area contributed by atoms with E-state index in [1.807, 2.05) is 10.8 Å². The summed E-state index contributed by atoms with van der Waals surface area (Å²) in [4.78, 5) is 22.4. The van der Waals surface area contributed by atoms with Gasteiger partial charge >= 0.3 is 0 Å². The van der Waals surface area contributed by atoms with E-state index in [0.717, 1.165) is 23.5 Å². The summed E-state index contributed by atoms with van der Waals surface area (Å²) in [6, 6.07) is 0. The van der Waals surface area contributed by atoms with Crippen LogP contribution < -0.4 is 10.6 Å². The van der Waals surface area contributed by atoms with Gasteiger partial charge in [0.05, 0.1) is 11.4 Å². The molecule has 0 aliphatic heterocycles. The predicted octanol–water partition coefficient (Wildman–Crippen LogP) is 2.81. The van der Waals surface area contributed by atoms with Gasteiger partial charge in [0.25, 0.3) is 0 Å². The summed E-state index contributed by atoms with van der Waals surface area (Å²) >= 11 is 2.91. The second-order valence-electron chi connectivity index (χ2n) is 3.18. The first-order valence-electron chi connectivity index (χ1n) is 4.83. The standard InChI is InChI=1S/C10H8N4O2S3/c1-5(15)13-7-8(14-6(2)16)10(18-4-12)19-9(7)17-3-11/h1-2H3,(H,13,15)(H,14,16). The van der Waals surface area contributed by atoms with E-state index >= 15 is 0 Å². The van der Waals surface area contributed by atoms with Crippen LogP contribution in [0, 0.1) is 21.3 Å². The molecule has 0 saturated carbocycles. The van der Waals surface area contributed by atoms with Gasteiger partial charge in [0.15, 0.2) is 0 Å². The van der Waals surface area contributed by atoms with Gasteiger partial charge in [-0.05, 0) is 0 Å². The Kier molecular flexibility index (Phi) is 5.70. The number of nitriles is 2. The molecule has 0 aromatic carbocycles. The van der Waals surface area contributed by atoms with Crippen LogP contribution in [0.3, 0.4) is 0 Å². The Hall–Kier alpha value is -1.68. The molecule has 0 saturated heterocycles. The zero-order chi connectivity index (χ0) is 14.4. The van der Waals surface area contributed by atoms with Crippen molar-refractivity contribution in [3.63, 3.8) is 0 Å². The first kappa shape index (κ1) is 15.4. The Morgan fingerprint density at radius 3 is 1.63 bits per heavy atom. The number of carbonyl (C=O) groups excluding carboxylic acids is 2. The van der Waals surface area contributed by atoms with Gasteiger partial charge in [0.1, 0.15) is 19.2 Å². The lowest BCUT2D eigenvalue weighted by Crippen LogP contribution is -2.11. The van der Waals surface area contributed by atoms with E-state index in [9.17, 15) is 9.59 Å². The lowest BCUT2D eigenvalue weighted by atomic mass is 10.4. The highest BCUT2D eigenvalue weighted by atomic mass is 32.2. The van der Waals surface area contributed by atoms with Crippen LogP contribution in [-0.4, -0.2) is 11.8 Å². The van der Waals surface area contributed by atoms with E-state index in [1.165, 1.54) is 25.2 Å². The second kappa shape index (κ2) is 7.04. The third-order valence-corrected chi connectivity index (χ3v) is 4.46. The lowest BCUT2D eigenvalue weighted by Gasteiger charge is -2.07. The molecule has 0 radical (unpaired) electrons. The number of thiocyanates is 2. The van der Waals surface area contributed by atoms with E-state index < -0.39 is 0 Å².